The van der Waals surface area contributed by atoms with E-state index in [1.807, 2.05) is 6.07 Å². The second kappa shape index (κ2) is 9.69. The van der Waals surface area contributed by atoms with Crippen LogP contribution in [0.3, 0.4) is 0 Å². The SMILES string of the molecule is Cn1cc(-c2cccc(S(=O)(=O)n3ccc(/C=C/C(=O)Nc4ccccc4NC(=O)O)c3)c2)cn1. The van der Waals surface area contributed by atoms with Gasteiger partial charge in [0.05, 0.1) is 22.5 Å². The number of para-hydroxylation sites is 2. The smallest absolute Gasteiger partial charge is 0.409 e. The van der Waals surface area contributed by atoms with Crippen molar-refractivity contribution in [2.24, 2.45) is 7.05 Å². The number of hydrogen-bond acceptors (Lipinski definition) is 5. The van der Waals surface area contributed by atoms with Crippen LogP contribution in [0.1, 0.15) is 5.56 Å². The maximum Gasteiger partial charge on any atom is 0.409 e. The van der Waals surface area contributed by atoms with Crippen LogP contribution in [-0.2, 0) is 21.9 Å². The van der Waals surface area contributed by atoms with E-state index in [1.165, 1.54) is 36.7 Å². The molecule has 0 aliphatic rings. The Labute approximate surface area is 201 Å². The van der Waals surface area contributed by atoms with E-state index in [0.29, 0.717) is 5.56 Å². The Morgan fingerprint density at radius 3 is 2.40 bits per heavy atom. The molecule has 0 radical (unpaired) electrons. The first kappa shape index (κ1) is 23.5. The Hall–Kier alpha value is -4.64. The lowest BCUT2D eigenvalue weighted by molar-refractivity contribution is -0.111. The van der Waals surface area contributed by atoms with Gasteiger partial charge in [0.25, 0.3) is 10.0 Å². The van der Waals surface area contributed by atoms with Gasteiger partial charge in [0.2, 0.25) is 5.91 Å². The van der Waals surface area contributed by atoms with Gasteiger partial charge in [-0.2, -0.15) is 5.10 Å². The molecule has 0 spiro atoms. The molecule has 4 rings (SSSR count). The van der Waals surface area contributed by atoms with Crippen molar-refractivity contribution in [1.29, 1.82) is 0 Å². The zero-order valence-electron chi connectivity index (χ0n) is 18.5. The Bertz CT molecular complexity index is 1530. The van der Waals surface area contributed by atoms with Crippen LogP contribution in [0.2, 0.25) is 0 Å². The number of carbonyl (C=O) groups excluding carboxylic acids is 1. The van der Waals surface area contributed by atoms with Crippen LogP contribution in [0.4, 0.5) is 16.2 Å². The molecular weight excluding hydrogens is 470 g/mol. The predicted octanol–water partition coefficient (Wildman–Crippen LogP) is 3.87. The molecule has 35 heavy (non-hydrogen) atoms. The fourth-order valence-electron chi connectivity index (χ4n) is 3.33. The van der Waals surface area contributed by atoms with Crippen LogP contribution in [-0.4, -0.2) is 39.3 Å². The number of hydrogen-bond donors (Lipinski definition) is 3. The number of carboxylic acid groups (broad SMARTS) is 1. The molecule has 0 saturated carbocycles. The average molecular weight is 492 g/mol. The normalized spacial score (nSPS) is 11.5. The Morgan fingerprint density at radius 2 is 1.71 bits per heavy atom. The molecule has 11 heteroatoms. The van der Waals surface area contributed by atoms with E-state index in [2.05, 4.69) is 15.7 Å². The zero-order valence-corrected chi connectivity index (χ0v) is 19.3. The number of carbonyl (C=O) groups is 2. The summed E-state index contributed by atoms with van der Waals surface area (Å²) in [5, 5.41) is 17.8. The van der Waals surface area contributed by atoms with Gasteiger partial charge in [-0.05, 0) is 47.5 Å². The van der Waals surface area contributed by atoms with Crippen molar-refractivity contribution in [3.8, 4) is 11.1 Å². The van der Waals surface area contributed by atoms with E-state index in [1.54, 1.807) is 60.5 Å². The third kappa shape index (κ3) is 5.47. The van der Waals surface area contributed by atoms with E-state index in [9.17, 15) is 18.0 Å². The molecule has 0 fully saturated rings. The fourth-order valence-corrected chi connectivity index (χ4v) is 4.58. The van der Waals surface area contributed by atoms with E-state index >= 15 is 0 Å². The van der Waals surface area contributed by atoms with E-state index in [0.717, 1.165) is 15.1 Å². The third-order valence-electron chi connectivity index (χ3n) is 4.99. The van der Waals surface area contributed by atoms with Gasteiger partial charge in [0, 0.05) is 37.3 Å². The molecule has 3 N–H and O–H groups in total. The maximum absolute atomic E-state index is 13.1. The second-order valence-corrected chi connectivity index (χ2v) is 9.35. The number of nitrogens with one attached hydrogen (secondary N) is 2. The van der Waals surface area contributed by atoms with Gasteiger partial charge in [0.1, 0.15) is 0 Å². The molecule has 0 unspecified atom stereocenters. The average Bonchev–Trinajstić information content (AvgIpc) is 3.48. The zero-order chi connectivity index (χ0) is 25.0. The molecule has 178 valence electrons. The Balaban J connectivity index is 1.49. The molecule has 0 aliphatic heterocycles. The number of amides is 2. The number of rotatable bonds is 7. The van der Waals surface area contributed by atoms with Gasteiger partial charge in [-0.15, -0.1) is 0 Å². The van der Waals surface area contributed by atoms with Crippen LogP contribution in [0.25, 0.3) is 17.2 Å². The van der Waals surface area contributed by atoms with Crippen molar-refractivity contribution in [3.63, 3.8) is 0 Å². The second-order valence-electron chi connectivity index (χ2n) is 7.51. The summed E-state index contributed by atoms with van der Waals surface area (Å²) >= 11 is 0. The van der Waals surface area contributed by atoms with Crippen LogP contribution < -0.4 is 10.6 Å². The summed E-state index contributed by atoms with van der Waals surface area (Å²) in [6.07, 6.45) is 7.69. The topological polar surface area (TPSA) is 135 Å². The highest BCUT2D eigenvalue weighted by Gasteiger charge is 2.17. The minimum Gasteiger partial charge on any atom is -0.465 e. The monoisotopic (exact) mass is 491 g/mol. The van der Waals surface area contributed by atoms with Crippen molar-refractivity contribution >= 4 is 39.5 Å². The van der Waals surface area contributed by atoms with E-state index in [4.69, 9.17) is 5.11 Å². The highest BCUT2D eigenvalue weighted by atomic mass is 32.2. The summed E-state index contributed by atoms with van der Waals surface area (Å²) in [6.45, 7) is 0. The molecule has 0 aliphatic carbocycles. The van der Waals surface area contributed by atoms with Crippen molar-refractivity contribution in [2.45, 2.75) is 4.90 Å². The van der Waals surface area contributed by atoms with Gasteiger partial charge < -0.3 is 10.4 Å². The van der Waals surface area contributed by atoms with E-state index in [-0.39, 0.29) is 16.3 Å². The van der Waals surface area contributed by atoms with Crippen molar-refractivity contribution in [1.82, 2.24) is 13.8 Å². The summed E-state index contributed by atoms with van der Waals surface area (Å²) in [5.41, 5.74) is 2.53. The standard InChI is InChI=1S/C24H21N5O5S/c1-28-16-19(14-25-28)18-5-4-6-20(13-18)35(33,34)29-12-11-17(15-29)9-10-23(30)26-21-7-2-3-8-22(21)27-24(31)32/h2-16,27H,1H3,(H,26,30)(H,31,32)/b10-9+. The summed E-state index contributed by atoms with van der Waals surface area (Å²) in [5.74, 6) is -0.510. The van der Waals surface area contributed by atoms with Crippen LogP contribution in [0, 0.1) is 0 Å². The third-order valence-corrected chi connectivity index (χ3v) is 6.62. The van der Waals surface area contributed by atoms with Gasteiger partial charge in [-0.1, -0.05) is 24.3 Å². The highest BCUT2D eigenvalue weighted by molar-refractivity contribution is 7.90. The number of aryl methyl sites for hydroxylation is 1. The first-order valence-electron chi connectivity index (χ1n) is 10.3. The first-order chi connectivity index (χ1) is 16.7. The molecule has 2 heterocycles. The number of benzene rings is 2. The lowest BCUT2D eigenvalue weighted by Gasteiger charge is -2.08. The molecule has 2 aromatic heterocycles. The van der Waals surface area contributed by atoms with Gasteiger partial charge >= 0.3 is 6.09 Å². The van der Waals surface area contributed by atoms with Gasteiger partial charge in [0.15, 0.2) is 0 Å². The van der Waals surface area contributed by atoms with Gasteiger partial charge in [-0.25, -0.2) is 17.2 Å². The Morgan fingerprint density at radius 1 is 0.971 bits per heavy atom. The van der Waals surface area contributed by atoms with Crippen molar-refractivity contribution in [2.75, 3.05) is 10.6 Å². The molecule has 0 atom stereocenters. The minimum atomic E-state index is -3.85. The molecular formula is C24H21N5O5S. The van der Waals surface area contributed by atoms with Gasteiger partial charge in [-0.3, -0.25) is 14.8 Å². The van der Waals surface area contributed by atoms with Crippen LogP contribution in [0.15, 0.2) is 90.4 Å². The summed E-state index contributed by atoms with van der Waals surface area (Å²) in [6, 6.07) is 14.5. The van der Waals surface area contributed by atoms with Crippen LogP contribution in [0.5, 0.6) is 0 Å². The summed E-state index contributed by atoms with van der Waals surface area (Å²) in [7, 11) is -2.07. The quantitative estimate of drug-likeness (QED) is 0.336. The lowest BCUT2D eigenvalue weighted by atomic mass is 10.1. The Kier molecular flexibility index (Phi) is 6.51. The minimum absolute atomic E-state index is 0.116. The number of anilines is 2. The first-order valence-corrected chi connectivity index (χ1v) is 11.8. The van der Waals surface area contributed by atoms with Crippen molar-refractivity contribution < 1.29 is 23.1 Å². The number of aromatic nitrogens is 3. The highest BCUT2D eigenvalue weighted by Crippen LogP contribution is 2.24. The number of nitrogens with zero attached hydrogens (tertiary/aromatic N) is 3. The summed E-state index contributed by atoms with van der Waals surface area (Å²) in [4.78, 5) is 23.3. The summed E-state index contributed by atoms with van der Waals surface area (Å²) < 4.78 is 29.0. The predicted molar refractivity (Wildman–Crippen MR) is 131 cm³/mol. The molecule has 2 amide bonds. The molecule has 4 aromatic rings. The molecule has 0 bridgehead atoms. The molecule has 10 nitrogen and oxygen atoms in total. The molecule has 2 aromatic carbocycles. The largest absolute Gasteiger partial charge is 0.465 e. The lowest BCUT2D eigenvalue weighted by Crippen LogP contribution is -2.13. The van der Waals surface area contributed by atoms with E-state index < -0.39 is 22.0 Å². The van der Waals surface area contributed by atoms with Crippen molar-refractivity contribution in [3.05, 3.63) is 91.0 Å². The maximum atomic E-state index is 13.1. The fraction of sp³-hybridized carbons (Fsp3) is 0.0417. The molecule has 0 saturated heterocycles. The van der Waals surface area contributed by atoms with Crippen LogP contribution >= 0.6 is 0 Å².